The van der Waals surface area contributed by atoms with E-state index < -0.39 is 0 Å². The van der Waals surface area contributed by atoms with E-state index in [1.165, 1.54) is 6.40 Å². The summed E-state index contributed by atoms with van der Waals surface area (Å²) in [6.45, 7) is 2.10. The van der Waals surface area contributed by atoms with Crippen LogP contribution in [0.1, 0.15) is 0 Å². The number of nitrogens with zero attached hydrogens (tertiary/aromatic N) is 2. The Balaban J connectivity index is 1.99. The highest BCUT2D eigenvalue weighted by Gasteiger charge is 2.23. The second-order valence-corrected chi connectivity index (χ2v) is 2.16. The molecule has 1 atom stereocenters. The highest BCUT2D eigenvalue weighted by molar-refractivity contribution is 5.84. The van der Waals surface area contributed by atoms with Gasteiger partial charge < -0.3 is 9.47 Å². The van der Waals surface area contributed by atoms with Crippen molar-refractivity contribution >= 4 is 12.3 Å². The Morgan fingerprint density at radius 2 is 2.60 bits per heavy atom. The van der Waals surface area contributed by atoms with Gasteiger partial charge in [0.15, 0.2) is 12.5 Å². The van der Waals surface area contributed by atoms with Gasteiger partial charge in [-0.1, -0.05) is 0 Å². The fraction of sp³-hybridized carbons (Fsp3) is 0.667. The third-order valence-electron chi connectivity index (χ3n) is 1.46. The molecule has 4 nitrogen and oxygen atoms in total. The van der Waals surface area contributed by atoms with E-state index in [0.29, 0.717) is 19.0 Å². The van der Waals surface area contributed by atoms with Gasteiger partial charge in [0, 0.05) is 0 Å². The molecular formula is C6H8N2O2. The molecule has 4 heteroatoms. The summed E-state index contributed by atoms with van der Waals surface area (Å²) in [5.41, 5.74) is 0. The van der Waals surface area contributed by atoms with Gasteiger partial charge in [0.25, 0.3) is 0 Å². The van der Waals surface area contributed by atoms with E-state index >= 15 is 0 Å². The first kappa shape index (κ1) is 5.70. The minimum absolute atomic E-state index is 0.0394. The van der Waals surface area contributed by atoms with E-state index in [2.05, 4.69) is 9.98 Å². The van der Waals surface area contributed by atoms with Crippen LogP contribution in [0.15, 0.2) is 9.98 Å². The zero-order valence-corrected chi connectivity index (χ0v) is 5.49. The molecule has 0 aromatic carbocycles. The Bertz CT molecular complexity index is 180. The number of hydrogen-bond acceptors (Lipinski definition) is 4. The number of rotatable bonds is 1. The average molecular weight is 140 g/mol. The van der Waals surface area contributed by atoms with Crippen molar-refractivity contribution in [2.24, 2.45) is 9.98 Å². The van der Waals surface area contributed by atoms with Crippen LogP contribution in [0.2, 0.25) is 0 Å². The molecule has 1 unspecified atom stereocenters. The van der Waals surface area contributed by atoms with Crippen LogP contribution >= 0.6 is 0 Å². The monoisotopic (exact) mass is 140 g/mol. The van der Waals surface area contributed by atoms with Crippen molar-refractivity contribution in [1.29, 1.82) is 0 Å². The zero-order chi connectivity index (χ0) is 6.81. The van der Waals surface area contributed by atoms with Crippen LogP contribution in [0.3, 0.4) is 0 Å². The summed E-state index contributed by atoms with van der Waals surface area (Å²) in [4.78, 5) is 8.01. The molecule has 2 rings (SSSR count). The van der Waals surface area contributed by atoms with E-state index in [9.17, 15) is 0 Å². The molecule has 54 valence electrons. The second-order valence-electron chi connectivity index (χ2n) is 2.16. The highest BCUT2D eigenvalue weighted by Crippen LogP contribution is 2.06. The normalized spacial score (nSPS) is 29.6. The highest BCUT2D eigenvalue weighted by atomic mass is 16.5. The maximum atomic E-state index is 5.18. The summed E-state index contributed by atoms with van der Waals surface area (Å²) in [5, 5.41) is 0. The van der Waals surface area contributed by atoms with E-state index in [4.69, 9.17) is 9.47 Å². The Morgan fingerprint density at radius 1 is 1.60 bits per heavy atom. The summed E-state index contributed by atoms with van der Waals surface area (Å²) >= 11 is 0. The predicted molar refractivity (Wildman–Crippen MR) is 36.5 cm³/mol. The van der Waals surface area contributed by atoms with Gasteiger partial charge in [-0.25, -0.2) is 4.99 Å². The smallest absolute Gasteiger partial charge is 0.227 e. The summed E-state index contributed by atoms with van der Waals surface area (Å²) < 4.78 is 10.3. The molecule has 0 radical (unpaired) electrons. The lowest BCUT2D eigenvalue weighted by atomic mass is 10.4. The molecule has 0 aliphatic carbocycles. The summed E-state index contributed by atoms with van der Waals surface area (Å²) in [6.07, 6.45) is 1.41. The maximum absolute atomic E-state index is 5.18. The Hall–Kier alpha value is -1.06. The molecule has 0 amide bonds. The minimum atomic E-state index is -0.0394. The van der Waals surface area contributed by atoms with Crippen LogP contribution in [-0.2, 0) is 9.47 Å². The minimum Gasteiger partial charge on any atom is -0.476 e. The van der Waals surface area contributed by atoms with Crippen LogP contribution in [0, 0.1) is 0 Å². The van der Waals surface area contributed by atoms with E-state index in [1.807, 2.05) is 0 Å². The number of aliphatic imine (C=N–C) groups is 2. The molecule has 2 heterocycles. The van der Waals surface area contributed by atoms with Crippen molar-refractivity contribution in [2.45, 2.75) is 6.10 Å². The van der Waals surface area contributed by atoms with Crippen molar-refractivity contribution in [3.8, 4) is 0 Å². The first-order chi connectivity index (χ1) is 4.97. The van der Waals surface area contributed by atoms with E-state index in [0.717, 1.165) is 6.54 Å². The molecule has 0 aromatic rings. The van der Waals surface area contributed by atoms with Crippen LogP contribution < -0.4 is 0 Å². The molecule has 2 aliphatic rings. The van der Waals surface area contributed by atoms with Gasteiger partial charge in [-0.15, -0.1) is 0 Å². The van der Waals surface area contributed by atoms with E-state index in [-0.39, 0.29) is 6.10 Å². The van der Waals surface area contributed by atoms with Gasteiger partial charge in [0.1, 0.15) is 6.61 Å². The summed E-state index contributed by atoms with van der Waals surface area (Å²) in [7, 11) is 0. The molecule has 0 saturated carbocycles. The molecule has 0 N–H and O–H groups in total. The molecule has 0 aromatic heterocycles. The van der Waals surface area contributed by atoms with Crippen molar-refractivity contribution in [1.82, 2.24) is 0 Å². The van der Waals surface area contributed by atoms with Crippen molar-refractivity contribution in [2.75, 3.05) is 19.7 Å². The molecule has 0 saturated heterocycles. The quantitative estimate of drug-likeness (QED) is 0.508. The Morgan fingerprint density at radius 3 is 3.20 bits per heavy atom. The van der Waals surface area contributed by atoms with Gasteiger partial charge in [-0.2, -0.15) is 0 Å². The topological polar surface area (TPSA) is 43.2 Å². The summed E-state index contributed by atoms with van der Waals surface area (Å²) in [5.74, 6) is 0.706. The van der Waals surface area contributed by atoms with Gasteiger partial charge in [-0.05, 0) is 0 Å². The SMILES string of the molecule is C1=NCC(C2=NCCO2)O1. The molecule has 0 bridgehead atoms. The first-order valence-corrected chi connectivity index (χ1v) is 3.28. The zero-order valence-electron chi connectivity index (χ0n) is 5.49. The maximum Gasteiger partial charge on any atom is 0.227 e. The fourth-order valence-electron chi connectivity index (χ4n) is 0.981. The van der Waals surface area contributed by atoms with Gasteiger partial charge >= 0.3 is 0 Å². The van der Waals surface area contributed by atoms with E-state index in [1.54, 1.807) is 0 Å². The van der Waals surface area contributed by atoms with Gasteiger partial charge in [0.2, 0.25) is 5.90 Å². The summed E-state index contributed by atoms with van der Waals surface area (Å²) in [6, 6.07) is 0. The van der Waals surface area contributed by atoms with Gasteiger partial charge in [0.05, 0.1) is 13.1 Å². The Labute approximate surface area is 58.6 Å². The lowest BCUT2D eigenvalue weighted by Gasteiger charge is -2.06. The lowest BCUT2D eigenvalue weighted by Crippen LogP contribution is -2.23. The van der Waals surface area contributed by atoms with Crippen molar-refractivity contribution in [3.05, 3.63) is 0 Å². The average Bonchev–Trinajstić information content (AvgIpc) is 2.59. The van der Waals surface area contributed by atoms with Crippen molar-refractivity contribution in [3.63, 3.8) is 0 Å². The lowest BCUT2D eigenvalue weighted by molar-refractivity contribution is 0.243. The fourth-order valence-corrected chi connectivity index (χ4v) is 0.981. The van der Waals surface area contributed by atoms with Crippen molar-refractivity contribution < 1.29 is 9.47 Å². The largest absolute Gasteiger partial charge is 0.476 e. The molecule has 2 aliphatic heterocycles. The number of hydrogen-bond donors (Lipinski definition) is 0. The number of ether oxygens (including phenoxy) is 2. The van der Waals surface area contributed by atoms with Crippen LogP contribution in [0.25, 0.3) is 0 Å². The van der Waals surface area contributed by atoms with Crippen LogP contribution in [-0.4, -0.2) is 38.1 Å². The second kappa shape index (κ2) is 2.28. The third kappa shape index (κ3) is 0.853. The standard InChI is InChI=1S/C6H8N2O2/c1-2-9-6(8-1)5-3-7-4-10-5/h4-5H,1-3H2. The van der Waals surface area contributed by atoms with Crippen LogP contribution in [0.5, 0.6) is 0 Å². The molecule has 10 heavy (non-hydrogen) atoms. The third-order valence-corrected chi connectivity index (χ3v) is 1.46. The van der Waals surface area contributed by atoms with Crippen LogP contribution in [0.4, 0.5) is 0 Å². The predicted octanol–water partition coefficient (Wildman–Crippen LogP) is -0.158. The first-order valence-electron chi connectivity index (χ1n) is 3.28. The Kier molecular flexibility index (Phi) is 1.30. The van der Waals surface area contributed by atoms with Gasteiger partial charge in [-0.3, -0.25) is 4.99 Å². The molecular weight excluding hydrogens is 132 g/mol. The molecule has 0 fully saturated rings. The molecule has 0 spiro atoms.